The molecule has 0 aromatic heterocycles. The second kappa shape index (κ2) is 25.9. The molecule has 0 saturated heterocycles. The molecule has 0 heterocycles. The van der Waals surface area contributed by atoms with Crippen LogP contribution in [0.25, 0.3) is 0 Å². The number of amides is 1. The lowest BCUT2D eigenvalue weighted by Crippen LogP contribution is -2.27. The number of rotatable bonds is 27. The van der Waals surface area contributed by atoms with Crippen LogP contribution in [0.4, 0.5) is 16.2 Å². The van der Waals surface area contributed by atoms with Gasteiger partial charge in [0.05, 0.1) is 104 Å². The topological polar surface area (TPSA) is 165 Å². The zero-order valence-electron chi connectivity index (χ0n) is 24.9. The van der Waals surface area contributed by atoms with Crippen LogP contribution >= 0.6 is 0 Å². The molecule has 0 radical (unpaired) electrons. The Labute approximate surface area is 257 Å². The number of azo groups is 1. The Hall–Kier alpha value is -3.50. The molecule has 0 saturated carbocycles. The van der Waals surface area contributed by atoms with Crippen molar-refractivity contribution in [1.82, 2.24) is 5.32 Å². The first-order valence-electron chi connectivity index (χ1n) is 14.4. The number of carboxylic acid groups (broad SMARTS) is 1. The zero-order chi connectivity index (χ0) is 31.3. The molecule has 0 fully saturated rings. The maximum absolute atomic E-state index is 12.3. The van der Waals surface area contributed by atoms with Gasteiger partial charge in [-0.1, -0.05) is 18.2 Å². The van der Waals surface area contributed by atoms with E-state index in [0.717, 1.165) is 5.69 Å². The Kier molecular flexibility index (Phi) is 21.6. The van der Waals surface area contributed by atoms with Crippen LogP contribution in [-0.4, -0.2) is 123 Å². The summed E-state index contributed by atoms with van der Waals surface area (Å²) in [6, 6.07) is 16.3. The maximum atomic E-state index is 12.3. The minimum Gasteiger partial charge on any atom is -0.450 e. The number of hydrogen-bond acceptors (Lipinski definition) is 12. The summed E-state index contributed by atoms with van der Waals surface area (Å²) in [5.74, 6) is -0.182. The molecular weight excluding hydrogens is 578 g/mol. The van der Waals surface area contributed by atoms with Gasteiger partial charge in [0.2, 0.25) is 0 Å². The smallest absolute Gasteiger partial charge is 0.450 e. The Morgan fingerprint density at radius 1 is 0.523 bits per heavy atom. The van der Waals surface area contributed by atoms with Crippen LogP contribution in [0, 0.1) is 0 Å². The number of carbonyl (C=O) groups is 2. The average molecular weight is 622 g/mol. The third-order valence-corrected chi connectivity index (χ3v) is 5.38. The normalized spacial score (nSPS) is 11.2. The minimum atomic E-state index is -1.32. The SMILES string of the molecule is O=C(O)OCCOCCOCCOCCOCCOCCOCCOCCNC(=O)c1ccc(/N=N/c2ccccc2)cc1. The number of nitrogens with zero attached hydrogens (tertiary/aromatic N) is 2. The molecule has 0 aliphatic heterocycles. The highest BCUT2D eigenvalue weighted by molar-refractivity contribution is 5.94. The van der Waals surface area contributed by atoms with E-state index in [9.17, 15) is 9.59 Å². The van der Waals surface area contributed by atoms with Crippen LogP contribution in [0.15, 0.2) is 64.8 Å². The lowest BCUT2D eigenvalue weighted by atomic mass is 10.2. The van der Waals surface area contributed by atoms with Crippen LogP contribution in [0.1, 0.15) is 10.4 Å². The van der Waals surface area contributed by atoms with E-state index in [1.807, 2.05) is 30.3 Å². The molecular formula is C30H43N3O11. The van der Waals surface area contributed by atoms with Crippen LogP contribution < -0.4 is 5.32 Å². The quantitative estimate of drug-likeness (QED) is 0.0850. The number of benzene rings is 2. The highest BCUT2D eigenvalue weighted by Crippen LogP contribution is 2.18. The highest BCUT2D eigenvalue weighted by atomic mass is 16.7. The average Bonchev–Trinajstić information content (AvgIpc) is 3.04. The molecule has 0 spiro atoms. The van der Waals surface area contributed by atoms with Crippen molar-refractivity contribution in [1.29, 1.82) is 0 Å². The van der Waals surface area contributed by atoms with E-state index in [1.165, 1.54) is 0 Å². The van der Waals surface area contributed by atoms with Gasteiger partial charge in [-0.05, 0) is 36.4 Å². The van der Waals surface area contributed by atoms with Crippen molar-refractivity contribution in [3.63, 3.8) is 0 Å². The fourth-order valence-electron chi connectivity index (χ4n) is 3.24. The Bertz CT molecular complexity index is 1030. The van der Waals surface area contributed by atoms with Crippen molar-refractivity contribution in [2.75, 3.05) is 106 Å². The number of hydrogen-bond donors (Lipinski definition) is 2. The molecule has 44 heavy (non-hydrogen) atoms. The molecule has 0 aliphatic carbocycles. The van der Waals surface area contributed by atoms with Crippen LogP contribution in [0.2, 0.25) is 0 Å². The van der Waals surface area contributed by atoms with Crippen molar-refractivity contribution in [3.8, 4) is 0 Å². The van der Waals surface area contributed by atoms with Gasteiger partial charge in [0.15, 0.2) is 0 Å². The summed E-state index contributed by atoms with van der Waals surface area (Å²) in [5, 5.41) is 19.4. The van der Waals surface area contributed by atoms with Gasteiger partial charge >= 0.3 is 6.16 Å². The molecule has 14 heteroatoms. The van der Waals surface area contributed by atoms with Gasteiger partial charge in [0, 0.05) is 12.1 Å². The van der Waals surface area contributed by atoms with Gasteiger partial charge in [-0.25, -0.2) is 4.79 Å². The van der Waals surface area contributed by atoms with Crippen LogP contribution in [0.5, 0.6) is 0 Å². The standard InChI is InChI=1S/C30H43N3O11/c34-29(26-6-8-28(9-7-26)33-32-27-4-2-1-3-5-27)31-10-11-37-12-13-38-14-15-39-16-17-40-18-19-41-20-21-42-22-23-43-24-25-44-30(35)36/h1-9H,10-25H2,(H,31,34)(H,35,36)/b33-32+. The second-order valence-corrected chi connectivity index (χ2v) is 8.74. The Balaban J connectivity index is 1.28. The predicted octanol–water partition coefficient (Wildman–Crippen LogP) is 3.64. The Morgan fingerprint density at radius 3 is 1.34 bits per heavy atom. The molecule has 244 valence electrons. The summed E-state index contributed by atoms with van der Waals surface area (Å²) in [6.07, 6.45) is -1.32. The first-order chi connectivity index (χ1) is 21.6. The lowest BCUT2D eigenvalue weighted by Gasteiger charge is -2.09. The molecule has 2 aromatic carbocycles. The summed E-state index contributed by atoms with van der Waals surface area (Å²) in [7, 11) is 0. The summed E-state index contributed by atoms with van der Waals surface area (Å²) >= 11 is 0. The fourth-order valence-corrected chi connectivity index (χ4v) is 3.24. The third-order valence-electron chi connectivity index (χ3n) is 5.38. The fraction of sp³-hybridized carbons (Fsp3) is 0.533. The molecule has 2 aromatic rings. The van der Waals surface area contributed by atoms with E-state index in [4.69, 9.17) is 38.3 Å². The molecule has 0 atom stereocenters. The van der Waals surface area contributed by atoms with Crippen molar-refractivity contribution in [2.45, 2.75) is 0 Å². The molecule has 2 N–H and O–H groups in total. The predicted molar refractivity (Wildman–Crippen MR) is 159 cm³/mol. The van der Waals surface area contributed by atoms with Crippen LogP contribution in [0.3, 0.4) is 0 Å². The molecule has 2 rings (SSSR count). The number of nitrogens with one attached hydrogen (secondary N) is 1. The van der Waals surface area contributed by atoms with Gasteiger partial charge in [-0.2, -0.15) is 10.2 Å². The van der Waals surface area contributed by atoms with Crippen molar-refractivity contribution >= 4 is 23.4 Å². The molecule has 1 amide bonds. The monoisotopic (exact) mass is 621 g/mol. The van der Waals surface area contributed by atoms with E-state index in [-0.39, 0.29) is 19.1 Å². The number of ether oxygens (including phenoxy) is 8. The van der Waals surface area contributed by atoms with E-state index in [2.05, 4.69) is 20.3 Å². The second-order valence-electron chi connectivity index (χ2n) is 8.74. The van der Waals surface area contributed by atoms with Gasteiger partial charge in [-0.15, -0.1) is 0 Å². The van der Waals surface area contributed by atoms with Gasteiger partial charge in [0.1, 0.15) is 6.61 Å². The summed E-state index contributed by atoms with van der Waals surface area (Å²) in [4.78, 5) is 22.4. The highest BCUT2D eigenvalue weighted by Gasteiger charge is 2.04. The van der Waals surface area contributed by atoms with Gasteiger partial charge in [0.25, 0.3) is 5.91 Å². The largest absolute Gasteiger partial charge is 0.505 e. The maximum Gasteiger partial charge on any atom is 0.505 e. The van der Waals surface area contributed by atoms with E-state index >= 15 is 0 Å². The van der Waals surface area contributed by atoms with Crippen LogP contribution in [-0.2, 0) is 37.9 Å². The zero-order valence-corrected chi connectivity index (χ0v) is 24.9. The number of carbonyl (C=O) groups excluding carboxylic acids is 1. The van der Waals surface area contributed by atoms with E-state index in [0.29, 0.717) is 104 Å². The first-order valence-corrected chi connectivity index (χ1v) is 14.4. The third kappa shape index (κ3) is 20.4. The lowest BCUT2D eigenvalue weighted by molar-refractivity contribution is -0.0222. The van der Waals surface area contributed by atoms with Crippen molar-refractivity contribution in [2.24, 2.45) is 10.2 Å². The minimum absolute atomic E-state index is 0.00171. The Morgan fingerprint density at radius 2 is 0.909 bits per heavy atom. The van der Waals surface area contributed by atoms with E-state index < -0.39 is 6.16 Å². The molecule has 0 aliphatic rings. The van der Waals surface area contributed by atoms with Gasteiger partial charge in [-0.3, -0.25) is 4.79 Å². The van der Waals surface area contributed by atoms with E-state index in [1.54, 1.807) is 24.3 Å². The molecule has 0 unspecified atom stereocenters. The summed E-state index contributed by atoms with van der Waals surface area (Å²) in [5.41, 5.74) is 1.97. The van der Waals surface area contributed by atoms with Crippen molar-refractivity contribution < 1.29 is 52.6 Å². The van der Waals surface area contributed by atoms with Gasteiger partial charge < -0.3 is 48.3 Å². The molecule has 14 nitrogen and oxygen atoms in total. The summed E-state index contributed by atoms with van der Waals surface area (Å²) in [6.45, 7) is 6.18. The van der Waals surface area contributed by atoms with Crippen molar-refractivity contribution in [3.05, 3.63) is 60.2 Å². The first kappa shape index (κ1) is 36.7. The summed E-state index contributed by atoms with van der Waals surface area (Å²) < 4.78 is 42.0. The molecule has 0 bridgehead atoms.